The van der Waals surface area contributed by atoms with E-state index in [0.29, 0.717) is 0 Å². The molecule has 2 heterocycles. The number of anilines is 6. The number of fused-ring (bicyclic) bond motifs is 15. The Morgan fingerprint density at radius 2 is 0.746 bits per heavy atom. The van der Waals surface area contributed by atoms with E-state index >= 15 is 0 Å². The molecule has 0 aromatic heterocycles. The van der Waals surface area contributed by atoms with E-state index in [-0.39, 0.29) is 0 Å². The monoisotopic (exact) mass is 850 g/mol. The van der Waals surface area contributed by atoms with Gasteiger partial charge in [0.2, 0.25) is 0 Å². The molecule has 2 heteroatoms. The van der Waals surface area contributed by atoms with Gasteiger partial charge in [0.15, 0.2) is 0 Å². The Labute approximate surface area is 391 Å². The molecule has 0 amide bonds. The molecule has 0 atom stereocenters. The predicted molar refractivity (Wildman–Crippen MR) is 283 cm³/mol. The van der Waals surface area contributed by atoms with Crippen molar-refractivity contribution in [1.82, 2.24) is 0 Å². The molecule has 0 fully saturated rings. The van der Waals surface area contributed by atoms with Gasteiger partial charge in [0.25, 0.3) is 0 Å². The van der Waals surface area contributed by atoms with Gasteiger partial charge in [-0.2, -0.15) is 0 Å². The number of rotatable bonds is 4. The van der Waals surface area contributed by atoms with Crippen LogP contribution < -0.4 is 9.80 Å². The summed E-state index contributed by atoms with van der Waals surface area (Å²) in [6.45, 7) is 0. The molecule has 2 aliphatic carbocycles. The number of hydrogen-bond acceptors (Lipinski definition) is 2. The van der Waals surface area contributed by atoms with Crippen molar-refractivity contribution in [2.24, 2.45) is 0 Å². The molecule has 2 aliphatic heterocycles. The van der Waals surface area contributed by atoms with Crippen LogP contribution in [0.25, 0.3) is 69.5 Å². The van der Waals surface area contributed by atoms with Crippen molar-refractivity contribution in [3.05, 3.63) is 274 Å². The van der Waals surface area contributed by atoms with Crippen molar-refractivity contribution in [3.8, 4) is 22.3 Å². The fourth-order valence-electron chi connectivity index (χ4n) is 11.7. The van der Waals surface area contributed by atoms with Gasteiger partial charge in [-0.25, -0.2) is 0 Å². The first-order valence-corrected chi connectivity index (χ1v) is 23.3. The number of hydrogen-bond donors (Lipinski definition) is 0. The molecule has 2 nitrogen and oxygen atoms in total. The molecule has 0 radical (unpaired) electrons. The Kier molecular flexibility index (Phi) is 8.23. The van der Waals surface area contributed by atoms with Crippen LogP contribution in [0.4, 0.5) is 34.1 Å². The second-order valence-corrected chi connectivity index (χ2v) is 18.0. The average molecular weight is 851 g/mol. The Balaban J connectivity index is 0.927. The van der Waals surface area contributed by atoms with Crippen LogP contribution in [0, 0.1) is 0 Å². The number of nitrogens with zero attached hydrogens (tertiary/aromatic N) is 2. The van der Waals surface area contributed by atoms with Crippen LogP contribution in [0.2, 0.25) is 0 Å². The molecule has 14 rings (SSSR count). The topological polar surface area (TPSA) is 6.48 Å². The Morgan fingerprint density at radius 1 is 0.299 bits per heavy atom. The zero-order chi connectivity index (χ0) is 44.1. The normalized spacial score (nSPS) is 14.1. The first-order chi connectivity index (χ1) is 33.2. The van der Waals surface area contributed by atoms with Gasteiger partial charge >= 0.3 is 0 Å². The fourth-order valence-corrected chi connectivity index (χ4v) is 11.7. The van der Waals surface area contributed by atoms with Crippen LogP contribution in [0.3, 0.4) is 0 Å². The summed E-state index contributed by atoms with van der Waals surface area (Å²) < 4.78 is 0. The summed E-state index contributed by atoms with van der Waals surface area (Å²) in [4.78, 5) is 4.89. The fraction of sp³-hybridized carbons (Fsp3) is 0.0154. The summed E-state index contributed by atoms with van der Waals surface area (Å²) in [6.07, 6.45) is 13.6. The number of para-hydroxylation sites is 4. The summed E-state index contributed by atoms with van der Waals surface area (Å²) in [6, 6.07) is 80.9. The van der Waals surface area contributed by atoms with Gasteiger partial charge in [-0.05, 0) is 132 Å². The first-order valence-electron chi connectivity index (χ1n) is 23.3. The lowest BCUT2D eigenvalue weighted by Crippen LogP contribution is -2.26. The van der Waals surface area contributed by atoms with Crippen LogP contribution in [-0.4, -0.2) is 0 Å². The second kappa shape index (κ2) is 14.7. The van der Waals surface area contributed by atoms with Gasteiger partial charge < -0.3 is 9.80 Å². The highest BCUT2D eigenvalue weighted by Crippen LogP contribution is 2.63. The molecule has 1 spiro atoms. The minimum atomic E-state index is -0.510. The number of benzene rings is 10. The van der Waals surface area contributed by atoms with Crippen LogP contribution in [0.15, 0.2) is 218 Å². The first kappa shape index (κ1) is 37.6. The van der Waals surface area contributed by atoms with Gasteiger partial charge in [-0.1, -0.05) is 206 Å². The molecular weight excluding hydrogens is 809 g/mol. The molecule has 4 aliphatic rings. The maximum Gasteiger partial charge on any atom is 0.0726 e. The summed E-state index contributed by atoms with van der Waals surface area (Å²) in [5.74, 6) is 0. The Morgan fingerprint density at radius 3 is 1.34 bits per heavy atom. The van der Waals surface area contributed by atoms with Crippen molar-refractivity contribution in [2.75, 3.05) is 9.80 Å². The molecule has 10 aromatic rings. The van der Waals surface area contributed by atoms with Crippen molar-refractivity contribution in [3.63, 3.8) is 0 Å². The highest BCUT2D eigenvalue weighted by Gasteiger charge is 2.52. The van der Waals surface area contributed by atoms with Crippen molar-refractivity contribution in [1.29, 1.82) is 0 Å². The van der Waals surface area contributed by atoms with Crippen molar-refractivity contribution in [2.45, 2.75) is 5.41 Å². The third-order valence-corrected chi connectivity index (χ3v) is 14.6. The van der Waals surface area contributed by atoms with Crippen molar-refractivity contribution >= 4 is 81.4 Å². The van der Waals surface area contributed by atoms with Crippen molar-refractivity contribution < 1.29 is 0 Å². The molecule has 0 saturated heterocycles. The van der Waals surface area contributed by atoms with E-state index in [9.17, 15) is 0 Å². The molecule has 0 N–H and O–H groups in total. The smallest absolute Gasteiger partial charge is 0.0726 e. The second-order valence-electron chi connectivity index (χ2n) is 18.0. The van der Waals surface area contributed by atoms with E-state index in [0.717, 1.165) is 11.4 Å². The van der Waals surface area contributed by atoms with E-state index in [1.165, 1.54) is 111 Å². The summed E-state index contributed by atoms with van der Waals surface area (Å²) in [5.41, 5.74) is 24.1. The zero-order valence-electron chi connectivity index (χ0n) is 36.6. The summed E-state index contributed by atoms with van der Waals surface area (Å²) in [5, 5.41) is 2.42. The van der Waals surface area contributed by atoms with Crippen LogP contribution in [-0.2, 0) is 5.41 Å². The van der Waals surface area contributed by atoms with Gasteiger partial charge in [0.05, 0.1) is 33.9 Å². The highest BCUT2D eigenvalue weighted by molar-refractivity contribution is 6.06. The molecule has 312 valence electrons. The molecule has 0 unspecified atom stereocenters. The molecule has 0 saturated carbocycles. The van der Waals surface area contributed by atoms with Gasteiger partial charge in [-0.15, -0.1) is 0 Å². The van der Waals surface area contributed by atoms with E-state index in [1.54, 1.807) is 0 Å². The SMILES string of the molecule is C1=Cc2ccccc2N(c2ccc3c(c2)C2(c4ccccc4-c4ccccc42)c2cc(/C=C/c4cccc5c(N6c7ccccc7C=Cc7ccccc76)cccc45)ccc2-3)c2ccccc21. The van der Waals surface area contributed by atoms with E-state index < -0.39 is 5.41 Å². The van der Waals surface area contributed by atoms with Crippen LogP contribution >= 0.6 is 0 Å². The maximum absolute atomic E-state index is 2.49. The minimum Gasteiger partial charge on any atom is -0.309 e. The standard InChI is InChI=1S/C65H42N2/c1-9-26-60-45(15-1)34-35-46-16-2-10-27-61(46)66(60)49-38-40-54-53-39-32-43(41-58(53)65(59(54)42-49)56-24-7-5-20-51(56)52-21-6-8-25-57(52)65)31-33-44-19-13-23-55-50(44)22-14-30-64(55)67-62-28-11-3-17-47(62)36-37-48-18-4-12-29-63(48)67/h1-42H/b33-31+. The third kappa shape index (κ3) is 5.51. The predicted octanol–water partition coefficient (Wildman–Crippen LogP) is 17.3. The zero-order valence-corrected chi connectivity index (χ0v) is 36.6. The minimum absolute atomic E-state index is 0.510. The van der Waals surface area contributed by atoms with E-state index in [1.807, 2.05) is 0 Å². The maximum atomic E-state index is 2.49. The molecule has 0 bridgehead atoms. The summed E-state index contributed by atoms with van der Waals surface area (Å²) in [7, 11) is 0. The lowest BCUT2D eigenvalue weighted by molar-refractivity contribution is 0.793. The quantitative estimate of drug-likeness (QED) is 0.163. The van der Waals surface area contributed by atoms with Crippen LogP contribution in [0.5, 0.6) is 0 Å². The van der Waals surface area contributed by atoms with E-state index in [4.69, 9.17) is 0 Å². The highest BCUT2D eigenvalue weighted by atomic mass is 15.2. The molecular formula is C65H42N2. The lowest BCUT2D eigenvalue weighted by Gasteiger charge is -2.32. The Bertz CT molecular complexity index is 3640. The van der Waals surface area contributed by atoms with Crippen LogP contribution in [0.1, 0.15) is 55.6 Å². The average Bonchev–Trinajstić information content (AvgIpc) is 3.68. The Hall–Kier alpha value is -8.72. The van der Waals surface area contributed by atoms with Gasteiger partial charge in [0, 0.05) is 11.1 Å². The largest absolute Gasteiger partial charge is 0.309 e. The molecule has 10 aromatic carbocycles. The third-order valence-electron chi connectivity index (χ3n) is 14.6. The lowest BCUT2D eigenvalue weighted by atomic mass is 9.70. The van der Waals surface area contributed by atoms with Gasteiger partial charge in [0.1, 0.15) is 0 Å². The van der Waals surface area contributed by atoms with E-state index in [2.05, 4.69) is 265 Å². The van der Waals surface area contributed by atoms with Gasteiger partial charge in [-0.3, -0.25) is 0 Å². The summed E-state index contributed by atoms with van der Waals surface area (Å²) >= 11 is 0. The molecule has 67 heavy (non-hydrogen) atoms.